The Morgan fingerprint density at radius 2 is 2.31 bits per heavy atom. The Hall–Kier alpha value is -0.250. The summed E-state index contributed by atoms with van der Waals surface area (Å²) in [6.45, 7) is 0. The zero-order chi connectivity index (χ0) is 9.42. The van der Waals surface area contributed by atoms with Gasteiger partial charge in [-0.3, -0.25) is 0 Å². The molecule has 0 spiro atoms. The van der Waals surface area contributed by atoms with Crippen molar-refractivity contribution in [1.82, 2.24) is 0 Å². The molecule has 1 aliphatic heterocycles. The predicted octanol–water partition coefficient (Wildman–Crippen LogP) is 2.73. The van der Waals surface area contributed by atoms with Crippen molar-refractivity contribution in [2.75, 3.05) is 5.75 Å². The summed E-state index contributed by atoms with van der Waals surface area (Å²) >= 11 is 7.64. The SMILES string of the molecule is N[C@H]1CSCc2c(Cl)ccc(F)c21. The maximum atomic E-state index is 13.4. The van der Waals surface area contributed by atoms with Crippen molar-refractivity contribution in [2.24, 2.45) is 5.73 Å². The number of hydrogen-bond acceptors (Lipinski definition) is 2. The van der Waals surface area contributed by atoms with Gasteiger partial charge < -0.3 is 5.73 Å². The molecule has 0 amide bonds. The summed E-state index contributed by atoms with van der Waals surface area (Å²) in [6.07, 6.45) is 0. The van der Waals surface area contributed by atoms with Crippen molar-refractivity contribution in [3.8, 4) is 0 Å². The molecule has 70 valence electrons. The van der Waals surface area contributed by atoms with Gasteiger partial charge in [0, 0.05) is 28.1 Å². The van der Waals surface area contributed by atoms with E-state index in [2.05, 4.69) is 0 Å². The summed E-state index contributed by atoms with van der Waals surface area (Å²) in [5.41, 5.74) is 7.27. The molecule has 0 unspecified atom stereocenters. The zero-order valence-electron chi connectivity index (χ0n) is 6.89. The largest absolute Gasteiger partial charge is 0.323 e. The molecule has 1 atom stereocenters. The van der Waals surface area contributed by atoms with Gasteiger partial charge in [-0.2, -0.15) is 11.8 Å². The smallest absolute Gasteiger partial charge is 0.128 e. The second-order valence-corrected chi connectivity index (χ2v) is 4.48. The number of halogens is 2. The van der Waals surface area contributed by atoms with Crippen LogP contribution < -0.4 is 5.73 Å². The summed E-state index contributed by atoms with van der Waals surface area (Å²) < 4.78 is 13.4. The highest BCUT2D eigenvalue weighted by Gasteiger charge is 2.22. The van der Waals surface area contributed by atoms with Gasteiger partial charge in [-0.1, -0.05) is 11.6 Å². The molecule has 0 bridgehead atoms. The number of hydrogen-bond donors (Lipinski definition) is 1. The van der Waals surface area contributed by atoms with Crippen molar-refractivity contribution < 1.29 is 4.39 Å². The van der Waals surface area contributed by atoms with Crippen LogP contribution in [0.2, 0.25) is 5.02 Å². The van der Waals surface area contributed by atoms with Gasteiger partial charge in [0.2, 0.25) is 0 Å². The van der Waals surface area contributed by atoms with Gasteiger partial charge in [0.1, 0.15) is 5.82 Å². The second kappa shape index (κ2) is 3.48. The lowest BCUT2D eigenvalue weighted by atomic mass is 10.0. The Morgan fingerprint density at radius 3 is 3.00 bits per heavy atom. The average Bonchev–Trinajstić information content (AvgIpc) is 2.12. The quantitative estimate of drug-likeness (QED) is 0.723. The van der Waals surface area contributed by atoms with Crippen molar-refractivity contribution in [3.05, 3.63) is 34.1 Å². The fourth-order valence-corrected chi connectivity index (χ4v) is 2.89. The molecule has 1 aliphatic rings. The highest BCUT2D eigenvalue weighted by atomic mass is 35.5. The van der Waals surface area contributed by atoms with E-state index in [-0.39, 0.29) is 11.9 Å². The molecule has 0 aliphatic carbocycles. The third kappa shape index (κ3) is 1.56. The molecule has 0 fully saturated rings. The fraction of sp³-hybridized carbons (Fsp3) is 0.333. The van der Waals surface area contributed by atoms with Gasteiger partial charge in [-0.25, -0.2) is 4.39 Å². The molecule has 1 aromatic rings. The molecular formula is C9H9ClFNS. The van der Waals surface area contributed by atoms with Crippen LogP contribution in [0.1, 0.15) is 17.2 Å². The summed E-state index contributed by atoms with van der Waals surface area (Å²) in [4.78, 5) is 0. The zero-order valence-corrected chi connectivity index (χ0v) is 8.46. The Labute approximate surface area is 85.5 Å². The lowest BCUT2D eigenvalue weighted by Crippen LogP contribution is -2.20. The van der Waals surface area contributed by atoms with Crippen LogP contribution in [0.25, 0.3) is 0 Å². The van der Waals surface area contributed by atoms with Gasteiger partial charge in [0.15, 0.2) is 0 Å². The first-order valence-electron chi connectivity index (χ1n) is 4.00. The lowest BCUT2D eigenvalue weighted by molar-refractivity contribution is 0.590. The van der Waals surface area contributed by atoms with E-state index in [0.29, 0.717) is 10.6 Å². The van der Waals surface area contributed by atoms with Gasteiger partial charge >= 0.3 is 0 Å². The lowest BCUT2D eigenvalue weighted by Gasteiger charge is -2.23. The van der Waals surface area contributed by atoms with Crippen LogP contribution in [0.4, 0.5) is 4.39 Å². The predicted molar refractivity (Wildman–Crippen MR) is 54.5 cm³/mol. The first-order chi connectivity index (χ1) is 6.20. The summed E-state index contributed by atoms with van der Waals surface area (Å²) in [5, 5.41) is 0.624. The molecule has 13 heavy (non-hydrogen) atoms. The van der Waals surface area contributed by atoms with E-state index in [1.807, 2.05) is 0 Å². The molecule has 0 saturated heterocycles. The van der Waals surface area contributed by atoms with Gasteiger partial charge in [0.05, 0.1) is 0 Å². The molecule has 1 nitrogen and oxygen atoms in total. The Balaban J connectivity index is 2.60. The minimum Gasteiger partial charge on any atom is -0.323 e. The van der Waals surface area contributed by atoms with Crippen molar-refractivity contribution >= 4 is 23.4 Å². The number of benzene rings is 1. The van der Waals surface area contributed by atoms with Crippen molar-refractivity contribution in [2.45, 2.75) is 11.8 Å². The van der Waals surface area contributed by atoms with Crippen LogP contribution in [-0.4, -0.2) is 5.75 Å². The third-order valence-corrected chi connectivity index (χ3v) is 3.60. The van der Waals surface area contributed by atoms with E-state index in [9.17, 15) is 4.39 Å². The molecule has 0 saturated carbocycles. The van der Waals surface area contributed by atoms with E-state index in [1.54, 1.807) is 17.8 Å². The highest BCUT2D eigenvalue weighted by molar-refractivity contribution is 7.98. The molecule has 1 heterocycles. The van der Waals surface area contributed by atoms with E-state index in [4.69, 9.17) is 17.3 Å². The molecule has 1 aromatic carbocycles. The third-order valence-electron chi connectivity index (χ3n) is 2.16. The van der Waals surface area contributed by atoms with Crippen LogP contribution in [0.15, 0.2) is 12.1 Å². The standard InChI is InChI=1S/C9H9ClFNS/c10-6-1-2-7(11)9-5(6)3-13-4-8(9)12/h1-2,8H,3-4,12H2/t8-/m0/s1. The van der Waals surface area contributed by atoms with Crippen molar-refractivity contribution in [3.63, 3.8) is 0 Å². The maximum absolute atomic E-state index is 13.4. The molecule has 0 radical (unpaired) electrons. The van der Waals surface area contributed by atoms with Crippen LogP contribution in [0.3, 0.4) is 0 Å². The molecule has 0 aromatic heterocycles. The minimum atomic E-state index is -0.229. The Kier molecular flexibility index (Phi) is 2.49. The molecule has 2 rings (SSSR count). The Bertz CT molecular complexity index is 343. The number of rotatable bonds is 0. The normalized spacial score (nSPS) is 21.3. The summed E-state index contributed by atoms with van der Waals surface area (Å²) in [5.74, 6) is 1.30. The maximum Gasteiger partial charge on any atom is 0.128 e. The van der Waals surface area contributed by atoms with Crippen LogP contribution >= 0.6 is 23.4 Å². The van der Waals surface area contributed by atoms with Crippen molar-refractivity contribution in [1.29, 1.82) is 0 Å². The van der Waals surface area contributed by atoms with Gasteiger partial charge in [-0.15, -0.1) is 0 Å². The van der Waals surface area contributed by atoms with Gasteiger partial charge in [0.25, 0.3) is 0 Å². The van der Waals surface area contributed by atoms with E-state index < -0.39 is 0 Å². The van der Waals surface area contributed by atoms with E-state index in [1.165, 1.54) is 6.07 Å². The highest BCUT2D eigenvalue weighted by Crippen LogP contribution is 2.36. The van der Waals surface area contributed by atoms with Crippen LogP contribution in [-0.2, 0) is 5.75 Å². The number of nitrogens with two attached hydrogens (primary N) is 1. The van der Waals surface area contributed by atoms with Crippen LogP contribution in [0, 0.1) is 5.82 Å². The Morgan fingerprint density at radius 1 is 1.54 bits per heavy atom. The van der Waals surface area contributed by atoms with Crippen LogP contribution in [0.5, 0.6) is 0 Å². The monoisotopic (exact) mass is 217 g/mol. The topological polar surface area (TPSA) is 26.0 Å². The molecular weight excluding hydrogens is 209 g/mol. The first-order valence-corrected chi connectivity index (χ1v) is 5.53. The summed E-state index contributed by atoms with van der Waals surface area (Å²) in [6, 6.07) is 2.76. The average molecular weight is 218 g/mol. The number of thioether (sulfide) groups is 1. The first kappa shape index (κ1) is 9.31. The number of fused-ring (bicyclic) bond motifs is 1. The van der Waals surface area contributed by atoms with E-state index in [0.717, 1.165) is 17.1 Å². The van der Waals surface area contributed by atoms with E-state index >= 15 is 0 Å². The minimum absolute atomic E-state index is 0.215. The summed E-state index contributed by atoms with van der Waals surface area (Å²) in [7, 11) is 0. The van der Waals surface area contributed by atoms with Gasteiger partial charge in [-0.05, 0) is 17.7 Å². The second-order valence-electron chi connectivity index (χ2n) is 3.04. The fourth-order valence-electron chi connectivity index (χ4n) is 1.53. The molecule has 2 N–H and O–H groups in total. The molecule has 4 heteroatoms.